The zero-order valence-electron chi connectivity index (χ0n) is 18.7. The molecule has 12 nitrogen and oxygen atoms in total. The van der Waals surface area contributed by atoms with E-state index in [0.29, 0.717) is 0 Å². The predicted molar refractivity (Wildman–Crippen MR) is 126 cm³/mol. The number of carbonyl (C=O) groups excluding carboxylic acids is 2. The topological polar surface area (TPSA) is 193 Å². The number of primary sulfonamides is 1. The number of carboxylic acid groups (broad SMARTS) is 1. The third-order valence-corrected chi connectivity index (χ3v) is 8.81. The summed E-state index contributed by atoms with van der Waals surface area (Å²) in [6.07, 6.45) is -1.17. The van der Waals surface area contributed by atoms with Crippen LogP contribution in [0.3, 0.4) is 0 Å². The predicted octanol–water partition coefficient (Wildman–Crippen LogP) is 0.625. The molecular weight excluding hydrogens is 532 g/mol. The Kier molecular flexibility index (Phi) is 8.32. The van der Waals surface area contributed by atoms with Gasteiger partial charge < -0.3 is 15.3 Å². The highest BCUT2D eigenvalue weighted by Gasteiger charge is 2.35. The van der Waals surface area contributed by atoms with Gasteiger partial charge in [0, 0.05) is 5.41 Å². The number of nitrogens with zero attached hydrogens (tertiary/aromatic N) is 1. The van der Waals surface area contributed by atoms with Gasteiger partial charge in [0.25, 0.3) is 0 Å². The summed E-state index contributed by atoms with van der Waals surface area (Å²) in [5, 5.41) is 15.6. The molecule has 2 atom stereocenters. The number of thioether (sulfide) groups is 1. The minimum Gasteiger partial charge on any atom is -0.480 e. The molecule has 1 aliphatic heterocycles. The minimum atomic E-state index is -4.30. The van der Waals surface area contributed by atoms with Gasteiger partial charge in [0.05, 0.1) is 22.5 Å². The van der Waals surface area contributed by atoms with Crippen LogP contribution < -0.4 is 15.2 Å². The first-order valence-corrected chi connectivity index (χ1v) is 14.0. The van der Waals surface area contributed by atoms with Gasteiger partial charge >= 0.3 is 5.97 Å². The zero-order valence-corrected chi connectivity index (χ0v) is 21.9. The first-order chi connectivity index (χ1) is 15.3. The molecule has 1 heterocycles. The molecule has 0 saturated carbocycles. The quantitative estimate of drug-likeness (QED) is 0.370. The molecule has 0 aromatic heterocycles. The van der Waals surface area contributed by atoms with Crippen LogP contribution in [-0.4, -0.2) is 68.3 Å². The molecule has 0 saturated heterocycles. The van der Waals surface area contributed by atoms with Crippen molar-refractivity contribution < 1.29 is 36.3 Å². The van der Waals surface area contributed by atoms with Gasteiger partial charge in [-0.1, -0.05) is 44.1 Å². The second kappa shape index (κ2) is 9.99. The third-order valence-electron chi connectivity index (χ3n) is 4.54. The number of aliphatic carboxylic acids is 1. The summed E-state index contributed by atoms with van der Waals surface area (Å²) in [5.74, 6) is -2.02. The molecule has 16 heteroatoms. The van der Waals surface area contributed by atoms with Crippen molar-refractivity contribution in [2.24, 2.45) is 10.6 Å². The number of rotatable bonds is 7. The number of sulfonamides is 2. The van der Waals surface area contributed by atoms with Crippen molar-refractivity contribution in [2.45, 2.75) is 48.9 Å². The number of nitrogens with two attached hydrogens (primary N) is 1. The molecule has 2 unspecified atom stereocenters. The van der Waals surface area contributed by atoms with E-state index >= 15 is 0 Å². The van der Waals surface area contributed by atoms with E-state index in [0.717, 1.165) is 28.8 Å². The fourth-order valence-corrected chi connectivity index (χ4v) is 6.31. The van der Waals surface area contributed by atoms with Crippen molar-refractivity contribution in [1.29, 1.82) is 0 Å². The smallest absolute Gasteiger partial charge is 0.323 e. The number of carboxylic acids is 1. The molecule has 1 aliphatic rings. The van der Waals surface area contributed by atoms with Gasteiger partial charge in [0.15, 0.2) is 5.12 Å². The molecule has 1 amide bonds. The lowest BCUT2D eigenvalue weighted by Gasteiger charge is -2.33. The lowest BCUT2D eigenvalue weighted by atomic mass is 10.00. The number of hydrogen-bond acceptors (Lipinski definition) is 9. The number of halogens is 1. The van der Waals surface area contributed by atoms with Crippen molar-refractivity contribution in [3.63, 3.8) is 0 Å². The van der Waals surface area contributed by atoms with E-state index in [4.69, 9.17) is 16.7 Å². The van der Waals surface area contributed by atoms with Crippen LogP contribution in [-0.2, 0) is 34.4 Å². The number of amides is 1. The number of carbonyl (C=O) groups is 3. The Morgan fingerprint density at radius 1 is 1.29 bits per heavy atom. The summed E-state index contributed by atoms with van der Waals surface area (Å²) in [7, 11) is -8.59. The van der Waals surface area contributed by atoms with Gasteiger partial charge in [0.2, 0.25) is 26.0 Å². The summed E-state index contributed by atoms with van der Waals surface area (Å²) in [5.41, 5.74) is -0.787. The first-order valence-electron chi connectivity index (χ1n) is 9.70. The van der Waals surface area contributed by atoms with Crippen LogP contribution in [0.1, 0.15) is 27.7 Å². The van der Waals surface area contributed by atoms with E-state index in [-0.39, 0.29) is 15.8 Å². The SMILES string of the molecule is CC(SC(=O)C(C)(C)C)C(=O)N(CC(=O)O)CC1Nc2cc(Cl)c(S(N)(=O)=O)cc2S(=O)(=O)N1. The number of fused-ring (bicyclic) bond motifs is 1. The van der Waals surface area contributed by atoms with E-state index in [1.165, 1.54) is 6.92 Å². The van der Waals surface area contributed by atoms with Crippen molar-refractivity contribution in [3.05, 3.63) is 17.2 Å². The van der Waals surface area contributed by atoms with Crippen LogP contribution in [0.25, 0.3) is 0 Å². The molecule has 0 bridgehead atoms. The Morgan fingerprint density at radius 2 is 1.88 bits per heavy atom. The van der Waals surface area contributed by atoms with E-state index in [9.17, 15) is 36.3 Å². The van der Waals surface area contributed by atoms with Crippen LogP contribution >= 0.6 is 23.4 Å². The maximum atomic E-state index is 12.9. The van der Waals surface area contributed by atoms with E-state index in [2.05, 4.69) is 10.0 Å². The van der Waals surface area contributed by atoms with Gasteiger partial charge in [-0.2, -0.15) is 4.72 Å². The van der Waals surface area contributed by atoms with Gasteiger partial charge in [-0.05, 0) is 19.1 Å². The van der Waals surface area contributed by atoms with E-state index in [1.54, 1.807) is 20.8 Å². The largest absolute Gasteiger partial charge is 0.480 e. The van der Waals surface area contributed by atoms with Gasteiger partial charge in [0.1, 0.15) is 22.5 Å². The van der Waals surface area contributed by atoms with Gasteiger partial charge in [-0.3, -0.25) is 14.4 Å². The third kappa shape index (κ3) is 6.82. The minimum absolute atomic E-state index is 0.0609. The number of nitrogens with one attached hydrogen (secondary N) is 2. The van der Waals surface area contributed by atoms with Crippen LogP contribution in [0.15, 0.2) is 21.9 Å². The lowest BCUT2D eigenvalue weighted by Crippen LogP contribution is -2.54. The molecule has 5 N–H and O–H groups in total. The molecule has 34 heavy (non-hydrogen) atoms. The van der Waals surface area contributed by atoms with Crippen LogP contribution in [0, 0.1) is 5.41 Å². The van der Waals surface area contributed by atoms with Crippen molar-refractivity contribution >= 4 is 66.1 Å². The highest BCUT2D eigenvalue weighted by molar-refractivity contribution is 8.14. The highest BCUT2D eigenvalue weighted by atomic mass is 35.5. The Hall–Kier alpha value is -1.91. The van der Waals surface area contributed by atoms with Crippen molar-refractivity contribution in [3.8, 4) is 0 Å². The Morgan fingerprint density at radius 3 is 2.38 bits per heavy atom. The summed E-state index contributed by atoms with van der Waals surface area (Å²) in [6, 6.07) is 1.86. The number of benzene rings is 1. The van der Waals surface area contributed by atoms with Gasteiger partial charge in [-0.25, -0.2) is 22.0 Å². The lowest BCUT2D eigenvalue weighted by molar-refractivity contribution is -0.144. The maximum Gasteiger partial charge on any atom is 0.323 e. The zero-order chi connectivity index (χ0) is 26.2. The Balaban J connectivity index is 2.33. The number of hydrogen-bond donors (Lipinski definition) is 4. The molecule has 1 aromatic carbocycles. The summed E-state index contributed by atoms with van der Waals surface area (Å²) in [4.78, 5) is 36.4. The first kappa shape index (κ1) is 28.3. The second-order valence-electron chi connectivity index (χ2n) is 8.55. The van der Waals surface area contributed by atoms with Crippen LogP contribution in [0.2, 0.25) is 5.02 Å². The second-order valence-corrected chi connectivity index (χ2v) is 13.5. The molecule has 0 spiro atoms. The average Bonchev–Trinajstić information content (AvgIpc) is 2.63. The standard InChI is InChI=1S/C18H25ClN4O8S3/c1-9(32-17(27)18(2,3)4)16(26)23(8-15(24)25)7-14-21-11-5-10(19)12(33(20,28)29)6-13(11)34(30,31)22-14/h5-6,9,14,21-22H,7-8H2,1-4H3,(H,24,25)(H2,20,28,29). The molecule has 0 aliphatic carbocycles. The summed E-state index contributed by atoms with van der Waals surface area (Å²) < 4.78 is 51.1. The Bertz CT molecular complexity index is 1230. The van der Waals surface area contributed by atoms with Gasteiger partial charge in [-0.15, -0.1) is 0 Å². The monoisotopic (exact) mass is 556 g/mol. The summed E-state index contributed by atoms with van der Waals surface area (Å²) >= 11 is 6.71. The maximum absolute atomic E-state index is 12.9. The van der Waals surface area contributed by atoms with Crippen molar-refractivity contribution in [1.82, 2.24) is 9.62 Å². The van der Waals surface area contributed by atoms with E-state index < -0.39 is 71.6 Å². The molecule has 2 rings (SSSR count). The average molecular weight is 557 g/mol. The molecular formula is C18H25ClN4O8S3. The van der Waals surface area contributed by atoms with Crippen molar-refractivity contribution in [2.75, 3.05) is 18.4 Å². The fourth-order valence-electron chi connectivity index (χ4n) is 2.90. The fraction of sp³-hybridized carbons (Fsp3) is 0.500. The highest BCUT2D eigenvalue weighted by Crippen LogP contribution is 2.34. The summed E-state index contributed by atoms with van der Waals surface area (Å²) in [6.45, 7) is 5.34. The normalized spacial score (nSPS) is 18.4. The van der Waals surface area contributed by atoms with E-state index in [1.807, 2.05) is 0 Å². The molecule has 0 radical (unpaired) electrons. The number of anilines is 1. The molecule has 0 fully saturated rings. The van der Waals surface area contributed by atoms with Crippen LogP contribution in [0.5, 0.6) is 0 Å². The van der Waals surface area contributed by atoms with Crippen LogP contribution in [0.4, 0.5) is 5.69 Å². The molecule has 190 valence electrons. The Labute approximate surface area is 206 Å². The molecule has 1 aromatic rings.